The summed E-state index contributed by atoms with van der Waals surface area (Å²) in [6.07, 6.45) is 13.2. The topological polar surface area (TPSA) is 70.2 Å². The van der Waals surface area contributed by atoms with Crippen LogP contribution in [0.3, 0.4) is 0 Å². The molecule has 1 amide bonds. The molecule has 1 atom stereocenters. The largest absolute Gasteiger partial charge is 0.358 e. The van der Waals surface area contributed by atoms with Gasteiger partial charge in [-0.3, -0.25) is 14.8 Å². The molecule has 0 spiro atoms. The Bertz CT molecular complexity index is 938. The van der Waals surface area contributed by atoms with Crippen molar-refractivity contribution in [2.45, 2.75) is 19.1 Å². The van der Waals surface area contributed by atoms with Crippen LogP contribution in [0.4, 0.5) is 4.39 Å². The molecule has 2 aromatic heterocycles. The molecule has 0 saturated carbocycles. The van der Waals surface area contributed by atoms with E-state index in [1.165, 1.54) is 18.3 Å². The van der Waals surface area contributed by atoms with Crippen LogP contribution in [0.25, 0.3) is 0 Å². The van der Waals surface area contributed by atoms with E-state index in [0.29, 0.717) is 12.1 Å². The van der Waals surface area contributed by atoms with E-state index >= 15 is 0 Å². The van der Waals surface area contributed by atoms with Gasteiger partial charge >= 0.3 is 0 Å². The standard InChI is InChI=1S/C20H18FN5O/c21-15-6-4-9-23-16(15)13-24-20(27)19-17-7-1-2-10-26(17)18(25-19)11-14-5-3-8-22-12-14/h1-10,12,18,25H,11,13H2,(H,24,27). The fourth-order valence-corrected chi connectivity index (χ4v) is 3.12. The number of nitrogens with zero attached hydrogens (tertiary/aromatic N) is 3. The van der Waals surface area contributed by atoms with E-state index in [2.05, 4.69) is 20.6 Å². The van der Waals surface area contributed by atoms with Crippen LogP contribution in [0, 0.1) is 5.82 Å². The summed E-state index contributed by atoms with van der Waals surface area (Å²) in [5, 5.41) is 6.02. The van der Waals surface area contributed by atoms with Crippen molar-refractivity contribution in [2.75, 3.05) is 0 Å². The molecule has 0 aliphatic carbocycles. The summed E-state index contributed by atoms with van der Waals surface area (Å²) in [6, 6.07) is 6.73. The van der Waals surface area contributed by atoms with Gasteiger partial charge in [0, 0.05) is 31.2 Å². The Morgan fingerprint density at radius 2 is 2.15 bits per heavy atom. The van der Waals surface area contributed by atoms with Gasteiger partial charge in [-0.05, 0) is 35.9 Å². The Balaban J connectivity index is 1.49. The molecule has 27 heavy (non-hydrogen) atoms. The van der Waals surface area contributed by atoms with E-state index in [4.69, 9.17) is 0 Å². The molecule has 2 N–H and O–H groups in total. The molecule has 0 fully saturated rings. The highest BCUT2D eigenvalue weighted by Gasteiger charge is 2.32. The Morgan fingerprint density at radius 3 is 2.96 bits per heavy atom. The number of hydrogen-bond acceptors (Lipinski definition) is 5. The predicted molar refractivity (Wildman–Crippen MR) is 98.1 cm³/mol. The lowest BCUT2D eigenvalue weighted by Gasteiger charge is -2.25. The molecular weight excluding hydrogens is 345 g/mol. The summed E-state index contributed by atoms with van der Waals surface area (Å²) >= 11 is 0. The van der Waals surface area contributed by atoms with Crippen LogP contribution < -0.4 is 10.6 Å². The summed E-state index contributed by atoms with van der Waals surface area (Å²) in [7, 11) is 0. The van der Waals surface area contributed by atoms with Crippen LogP contribution in [-0.4, -0.2) is 26.9 Å². The summed E-state index contributed by atoms with van der Waals surface area (Å²) in [6.45, 7) is 0.0246. The Morgan fingerprint density at radius 1 is 1.26 bits per heavy atom. The van der Waals surface area contributed by atoms with Gasteiger partial charge in [0.1, 0.15) is 17.7 Å². The first-order chi connectivity index (χ1) is 13.2. The first-order valence-electron chi connectivity index (χ1n) is 8.63. The third-order valence-corrected chi connectivity index (χ3v) is 4.42. The molecule has 7 heteroatoms. The maximum atomic E-state index is 13.7. The summed E-state index contributed by atoms with van der Waals surface area (Å²) < 4.78 is 13.7. The Hall–Kier alpha value is -3.48. The van der Waals surface area contributed by atoms with Gasteiger partial charge in [0.15, 0.2) is 0 Å². The van der Waals surface area contributed by atoms with Crippen molar-refractivity contribution in [3.8, 4) is 0 Å². The highest BCUT2D eigenvalue weighted by molar-refractivity contribution is 5.94. The average molecular weight is 363 g/mol. The molecule has 136 valence electrons. The molecule has 4 rings (SSSR count). The number of fused-ring (bicyclic) bond motifs is 1. The highest BCUT2D eigenvalue weighted by atomic mass is 19.1. The number of pyridine rings is 2. The smallest absolute Gasteiger partial charge is 0.269 e. The minimum absolute atomic E-state index is 0.0246. The zero-order chi connectivity index (χ0) is 18.6. The van der Waals surface area contributed by atoms with Crippen molar-refractivity contribution in [3.63, 3.8) is 0 Å². The molecule has 0 bridgehead atoms. The van der Waals surface area contributed by atoms with E-state index in [9.17, 15) is 9.18 Å². The average Bonchev–Trinajstić information content (AvgIpc) is 3.07. The van der Waals surface area contributed by atoms with E-state index in [1.807, 2.05) is 47.7 Å². The SMILES string of the molecule is O=C(NCc1ncccc1F)C1=C2C=CC=CN2C(Cc2cccnc2)N1. The van der Waals surface area contributed by atoms with Gasteiger partial charge in [0.25, 0.3) is 5.91 Å². The minimum atomic E-state index is -0.439. The van der Waals surface area contributed by atoms with Crippen molar-refractivity contribution < 1.29 is 9.18 Å². The van der Waals surface area contributed by atoms with E-state index in [1.54, 1.807) is 6.20 Å². The zero-order valence-corrected chi connectivity index (χ0v) is 14.5. The maximum Gasteiger partial charge on any atom is 0.269 e. The normalized spacial score (nSPS) is 17.7. The fourth-order valence-electron chi connectivity index (χ4n) is 3.12. The highest BCUT2D eigenvalue weighted by Crippen LogP contribution is 2.26. The van der Waals surface area contributed by atoms with Crippen molar-refractivity contribution in [3.05, 3.63) is 95.8 Å². The molecule has 6 nitrogen and oxygen atoms in total. The first kappa shape index (κ1) is 17.0. The lowest BCUT2D eigenvalue weighted by Crippen LogP contribution is -2.38. The number of aromatic nitrogens is 2. The predicted octanol–water partition coefficient (Wildman–Crippen LogP) is 2.00. The molecule has 0 radical (unpaired) electrons. The number of allylic oxidation sites excluding steroid dienone is 3. The molecule has 2 aliphatic rings. The fraction of sp³-hybridized carbons (Fsp3) is 0.150. The quantitative estimate of drug-likeness (QED) is 0.850. The van der Waals surface area contributed by atoms with Crippen LogP contribution in [0.5, 0.6) is 0 Å². The molecule has 2 aliphatic heterocycles. The second kappa shape index (κ2) is 7.41. The van der Waals surface area contributed by atoms with Crippen molar-refractivity contribution in [1.29, 1.82) is 0 Å². The second-order valence-electron chi connectivity index (χ2n) is 6.21. The van der Waals surface area contributed by atoms with Gasteiger partial charge in [-0.25, -0.2) is 4.39 Å². The first-order valence-corrected chi connectivity index (χ1v) is 8.63. The van der Waals surface area contributed by atoms with Gasteiger partial charge in [-0.2, -0.15) is 0 Å². The molecule has 2 aromatic rings. The van der Waals surface area contributed by atoms with Gasteiger partial charge in [-0.15, -0.1) is 0 Å². The second-order valence-corrected chi connectivity index (χ2v) is 6.21. The van der Waals surface area contributed by atoms with Crippen molar-refractivity contribution in [2.24, 2.45) is 0 Å². The zero-order valence-electron chi connectivity index (χ0n) is 14.5. The van der Waals surface area contributed by atoms with Crippen LogP contribution >= 0.6 is 0 Å². The van der Waals surface area contributed by atoms with Gasteiger partial charge in [0.2, 0.25) is 0 Å². The number of hydrogen-bond donors (Lipinski definition) is 2. The van der Waals surface area contributed by atoms with Gasteiger partial charge in [0.05, 0.1) is 17.9 Å². The van der Waals surface area contributed by atoms with Gasteiger partial charge < -0.3 is 15.5 Å². The monoisotopic (exact) mass is 363 g/mol. The van der Waals surface area contributed by atoms with E-state index in [0.717, 1.165) is 11.3 Å². The number of halogens is 1. The Labute approximate surface area is 156 Å². The van der Waals surface area contributed by atoms with E-state index in [-0.39, 0.29) is 24.3 Å². The molecule has 0 aromatic carbocycles. The minimum Gasteiger partial charge on any atom is -0.358 e. The van der Waals surface area contributed by atoms with Crippen LogP contribution in [0.15, 0.2) is 78.7 Å². The number of carbonyl (C=O) groups is 1. The number of nitrogens with one attached hydrogen (secondary N) is 2. The third-order valence-electron chi connectivity index (χ3n) is 4.42. The molecule has 1 unspecified atom stereocenters. The van der Waals surface area contributed by atoms with Gasteiger partial charge in [-0.1, -0.05) is 12.1 Å². The maximum absolute atomic E-state index is 13.7. The van der Waals surface area contributed by atoms with Crippen molar-refractivity contribution in [1.82, 2.24) is 25.5 Å². The number of rotatable bonds is 5. The van der Waals surface area contributed by atoms with Crippen LogP contribution in [-0.2, 0) is 17.8 Å². The number of carbonyl (C=O) groups excluding carboxylic acids is 1. The summed E-state index contributed by atoms with van der Waals surface area (Å²) in [5.41, 5.74) is 2.51. The van der Waals surface area contributed by atoms with Crippen molar-refractivity contribution >= 4 is 5.91 Å². The summed E-state index contributed by atoms with van der Waals surface area (Å²) in [5.74, 6) is -0.736. The van der Waals surface area contributed by atoms with Crippen LogP contribution in [0.1, 0.15) is 11.3 Å². The summed E-state index contributed by atoms with van der Waals surface area (Å²) in [4.78, 5) is 22.8. The lowest BCUT2D eigenvalue weighted by molar-refractivity contribution is -0.118. The van der Waals surface area contributed by atoms with E-state index < -0.39 is 5.82 Å². The molecular formula is C20H18FN5O. The number of amides is 1. The third kappa shape index (κ3) is 3.57. The lowest BCUT2D eigenvalue weighted by atomic mass is 10.1. The van der Waals surface area contributed by atoms with Crippen LogP contribution in [0.2, 0.25) is 0 Å². The molecule has 4 heterocycles. The molecule has 0 saturated heterocycles. The Kier molecular flexibility index (Phi) is 4.65.